The van der Waals surface area contributed by atoms with Crippen molar-refractivity contribution >= 4 is 32.8 Å². The maximum Gasteiger partial charge on any atom is 0.355 e. The fourth-order valence-corrected chi connectivity index (χ4v) is 2.81. The molecule has 0 amide bonds. The molecular weight excluding hydrogens is 385 g/mol. The first-order chi connectivity index (χ1) is 12.1. The number of hydrogen-bond donors (Lipinski definition) is 1. The average Bonchev–Trinajstić information content (AvgIpc) is 3.01. The largest absolute Gasteiger partial charge is 0.464 e. The molecule has 0 saturated carbocycles. The standard InChI is InChI=1S/C16H11BrFNO2.2C2H6/c1-21-16(20)15-14(17)12-8-10(4-7-13(12)19-15)9-2-5-11(18)6-3-9;2*1-2/h2-8,19H,1H3;2*1-2H3. The number of hydrogen-bond acceptors (Lipinski definition) is 2. The van der Waals surface area contributed by atoms with Crippen LogP contribution in [0.15, 0.2) is 46.9 Å². The van der Waals surface area contributed by atoms with Gasteiger partial charge in [-0.15, -0.1) is 0 Å². The highest BCUT2D eigenvalue weighted by atomic mass is 79.9. The highest BCUT2D eigenvalue weighted by Gasteiger charge is 2.16. The van der Waals surface area contributed by atoms with Gasteiger partial charge in [-0.05, 0) is 51.3 Å². The van der Waals surface area contributed by atoms with Crippen molar-refractivity contribution < 1.29 is 13.9 Å². The molecular formula is C20H23BrFNO2. The van der Waals surface area contributed by atoms with Gasteiger partial charge in [-0.3, -0.25) is 0 Å². The number of esters is 1. The SMILES string of the molecule is CC.CC.COC(=O)c1[nH]c2ccc(-c3ccc(F)cc3)cc2c1Br. The van der Waals surface area contributed by atoms with Gasteiger partial charge in [0.15, 0.2) is 0 Å². The molecule has 0 aliphatic heterocycles. The van der Waals surface area contributed by atoms with E-state index in [1.807, 2.05) is 45.9 Å². The second-order valence-corrected chi connectivity index (χ2v) is 5.37. The van der Waals surface area contributed by atoms with E-state index in [0.717, 1.165) is 22.0 Å². The lowest BCUT2D eigenvalue weighted by molar-refractivity contribution is 0.0594. The summed E-state index contributed by atoms with van der Waals surface area (Å²) in [7, 11) is 1.34. The molecule has 3 aromatic rings. The summed E-state index contributed by atoms with van der Waals surface area (Å²) in [6.07, 6.45) is 0. The number of carbonyl (C=O) groups excluding carboxylic acids is 1. The van der Waals surface area contributed by atoms with Crippen LogP contribution in [0, 0.1) is 5.82 Å². The van der Waals surface area contributed by atoms with Gasteiger partial charge >= 0.3 is 5.97 Å². The molecule has 1 N–H and O–H groups in total. The van der Waals surface area contributed by atoms with Crippen LogP contribution in [-0.4, -0.2) is 18.1 Å². The third-order valence-corrected chi connectivity index (χ3v) is 4.13. The Bertz CT molecular complexity index is 826. The highest BCUT2D eigenvalue weighted by molar-refractivity contribution is 9.10. The highest BCUT2D eigenvalue weighted by Crippen LogP contribution is 2.32. The molecule has 3 nitrogen and oxygen atoms in total. The maximum absolute atomic E-state index is 13.0. The van der Waals surface area contributed by atoms with E-state index in [1.54, 1.807) is 12.1 Å². The molecule has 0 atom stereocenters. The summed E-state index contributed by atoms with van der Waals surface area (Å²) >= 11 is 3.42. The molecule has 0 radical (unpaired) electrons. The minimum atomic E-state index is -0.429. The number of rotatable bonds is 2. The van der Waals surface area contributed by atoms with Gasteiger partial charge in [-0.25, -0.2) is 9.18 Å². The van der Waals surface area contributed by atoms with Crippen LogP contribution in [0.3, 0.4) is 0 Å². The Labute approximate surface area is 156 Å². The average molecular weight is 408 g/mol. The second-order valence-electron chi connectivity index (χ2n) is 4.57. The summed E-state index contributed by atoms with van der Waals surface area (Å²) in [5.74, 6) is -0.697. The lowest BCUT2D eigenvalue weighted by Gasteiger charge is -2.02. The molecule has 1 aromatic heterocycles. The normalized spacial score (nSPS) is 9.56. The van der Waals surface area contributed by atoms with E-state index in [4.69, 9.17) is 4.74 Å². The minimum Gasteiger partial charge on any atom is -0.464 e. The van der Waals surface area contributed by atoms with Crippen LogP contribution in [0.25, 0.3) is 22.0 Å². The monoisotopic (exact) mass is 407 g/mol. The molecule has 0 aliphatic carbocycles. The van der Waals surface area contributed by atoms with Crippen LogP contribution in [0.2, 0.25) is 0 Å². The first-order valence-corrected chi connectivity index (χ1v) is 9.05. The zero-order valence-electron chi connectivity index (χ0n) is 15.1. The van der Waals surface area contributed by atoms with Crippen LogP contribution < -0.4 is 0 Å². The van der Waals surface area contributed by atoms with E-state index < -0.39 is 5.97 Å². The van der Waals surface area contributed by atoms with E-state index in [1.165, 1.54) is 19.2 Å². The smallest absolute Gasteiger partial charge is 0.355 e. The molecule has 3 rings (SSSR count). The van der Waals surface area contributed by atoms with E-state index in [-0.39, 0.29) is 5.82 Å². The third kappa shape index (κ3) is 4.69. The number of benzene rings is 2. The van der Waals surface area contributed by atoms with Crippen molar-refractivity contribution in [3.8, 4) is 11.1 Å². The quantitative estimate of drug-likeness (QED) is 0.487. The molecule has 1 heterocycles. The fraction of sp³-hybridized carbons (Fsp3) is 0.250. The lowest BCUT2D eigenvalue weighted by Crippen LogP contribution is -2.01. The summed E-state index contributed by atoms with van der Waals surface area (Å²) in [6, 6.07) is 12.0. The van der Waals surface area contributed by atoms with Gasteiger partial charge < -0.3 is 9.72 Å². The predicted octanol–water partition coefficient (Wildman–Crippen LogP) is 6.58. The Hall–Kier alpha value is -2.14. The summed E-state index contributed by atoms with van der Waals surface area (Å²) in [5.41, 5.74) is 3.06. The second kappa shape index (κ2) is 9.99. The van der Waals surface area contributed by atoms with Crippen molar-refractivity contribution in [1.29, 1.82) is 0 Å². The van der Waals surface area contributed by atoms with Gasteiger partial charge in [-0.1, -0.05) is 45.9 Å². The van der Waals surface area contributed by atoms with Gasteiger partial charge in [0.2, 0.25) is 0 Å². The zero-order chi connectivity index (χ0) is 19.0. The van der Waals surface area contributed by atoms with E-state index in [2.05, 4.69) is 20.9 Å². The number of aromatic amines is 1. The predicted molar refractivity (Wildman–Crippen MR) is 105 cm³/mol. The molecule has 0 spiro atoms. The summed E-state index contributed by atoms with van der Waals surface area (Å²) in [5, 5.41) is 0.872. The van der Waals surface area contributed by atoms with E-state index >= 15 is 0 Å². The van der Waals surface area contributed by atoms with Crippen molar-refractivity contribution in [2.24, 2.45) is 0 Å². The fourth-order valence-electron chi connectivity index (χ4n) is 2.22. The summed E-state index contributed by atoms with van der Waals surface area (Å²) < 4.78 is 18.4. The van der Waals surface area contributed by atoms with Crippen LogP contribution in [0.4, 0.5) is 4.39 Å². The van der Waals surface area contributed by atoms with Crippen LogP contribution >= 0.6 is 15.9 Å². The lowest BCUT2D eigenvalue weighted by atomic mass is 10.0. The number of halogens is 2. The third-order valence-electron chi connectivity index (χ3n) is 3.30. The van der Waals surface area contributed by atoms with Gasteiger partial charge in [-0.2, -0.15) is 0 Å². The van der Waals surface area contributed by atoms with E-state index in [0.29, 0.717) is 10.2 Å². The van der Waals surface area contributed by atoms with Crippen molar-refractivity contribution in [2.75, 3.05) is 7.11 Å². The molecule has 0 saturated heterocycles. The molecule has 0 fully saturated rings. The number of methoxy groups -OCH3 is 1. The molecule has 0 unspecified atom stereocenters. The van der Waals surface area contributed by atoms with E-state index in [9.17, 15) is 9.18 Å². The molecule has 25 heavy (non-hydrogen) atoms. The van der Waals surface area contributed by atoms with Crippen molar-refractivity contribution in [2.45, 2.75) is 27.7 Å². The maximum atomic E-state index is 13.0. The molecule has 5 heteroatoms. The molecule has 2 aromatic carbocycles. The molecule has 134 valence electrons. The Kier molecular flexibility index (Phi) is 8.35. The Morgan fingerprint density at radius 3 is 2.12 bits per heavy atom. The Morgan fingerprint density at radius 2 is 1.56 bits per heavy atom. The van der Waals surface area contributed by atoms with Gasteiger partial charge in [0, 0.05) is 10.9 Å². The van der Waals surface area contributed by atoms with Crippen molar-refractivity contribution in [3.05, 3.63) is 58.4 Å². The van der Waals surface area contributed by atoms with Gasteiger partial charge in [0.1, 0.15) is 11.5 Å². The number of carbonyl (C=O) groups is 1. The zero-order valence-corrected chi connectivity index (χ0v) is 16.7. The van der Waals surface area contributed by atoms with Crippen LogP contribution in [-0.2, 0) is 4.74 Å². The number of aromatic nitrogens is 1. The van der Waals surface area contributed by atoms with Crippen molar-refractivity contribution in [3.63, 3.8) is 0 Å². The van der Waals surface area contributed by atoms with Crippen molar-refractivity contribution in [1.82, 2.24) is 4.98 Å². The number of ether oxygens (including phenoxy) is 1. The van der Waals surface area contributed by atoms with Gasteiger partial charge in [0.05, 0.1) is 11.6 Å². The van der Waals surface area contributed by atoms with Gasteiger partial charge in [0.25, 0.3) is 0 Å². The number of H-pyrrole nitrogens is 1. The molecule has 0 aliphatic rings. The number of nitrogens with one attached hydrogen (secondary N) is 1. The topological polar surface area (TPSA) is 42.1 Å². The Morgan fingerprint density at radius 1 is 1.00 bits per heavy atom. The van der Waals surface area contributed by atoms with Crippen LogP contribution in [0.5, 0.6) is 0 Å². The number of fused-ring (bicyclic) bond motifs is 1. The summed E-state index contributed by atoms with van der Waals surface area (Å²) in [6.45, 7) is 8.00. The van der Waals surface area contributed by atoms with Crippen LogP contribution in [0.1, 0.15) is 38.2 Å². The first kappa shape index (κ1) is 20.9. The first-order valence-electron chi connectivity index (χ1n) is 8.25. The minimum absolute atomic E-state index is 0.268. The summed E-state index contributed by atoms with van der Waals surface area (Å²) in [4.78, 5) is 14.7. The molecule has 0 bridgehead atoms. The Balaban J connectivity index is 0.000000730.